The smallest absolute Gasteiger partial charge is 0.269 e. The summed E-state index contributed by atoms with van der Waals surface area (Å²) < 4.78 is 5.77. The Kier molecular flexibility index (Phi) is 6.24. The van der Waals surface area contributed by atoms with E-state index in [-0.39, 0.29) is 23.2 Å². The van der Waals surface area contributed by atoms with Crippen LogP contribution in [0.3, 0.4) is 0 Å². The van der Waals surface area contributed by atoms with Crippen LogP contribution in [0.2, 0.25) is 0 Å². The number of nitro benzene ring substituents is 1. The number of piperazine rings is 1. The zero-order valence-corrected chi connectivity index (χ0v) is 16.1. The van der Waals surface area contributed by atoms with Crippen LogP contribution in [0.15, 0.2) is 28.7 Å². The van der Waals surface area contributed by atoms with Gasteiger partial charge in [-0.3, -0.25) is 14.9 Å². The molecule has 0 N–H and O–H groups in total. The Morgan fingerprint density at radius 2 is 1.97 bits per heavy atom. The number of nitro groups is 1. The van der Waals surface area contributed by atoms with Crippen LogP contribution in [0.4, 0.5) is 11.6 Å². The predicted octanol–water partition coefficient (Wildman–Crippen LogP) is 3.07. The Labute approximate surface area is 168 Å². The molecule has 0 saturated carbocycles. The van der Waals surface area contributed by atoms with Gasteiger partial charge in [-0.2, -0.15) is 10.2 Å². The molecule has 1 amide bonds. The number of nitriles is 1. The Morgan fingerprint density at radius 3 is 2.55 bits per heavy atom. The van der Waals surface area contributed by atoms with Gasteiger partial charge in [0.1, 0.15) is 6.07 Å². The Balaban J connectivity index is 1.69. The van der Waals surface area contributed by atoms with E-state index in [1.54, 1.807) is 24.3 Å². The van der Waals surface area contributed by atoms with Crippen molar-refractivity contribution in [3.05, 3.63) is 51.5 Å². The molecule has 150 valence electrons. The van der Waals surface area contributed by atoms with Crippen LogP contribution in [0.5, 0.6) is 0 Å². The number of aromatic nitrogens is 1. The number of amides is 1. The van der Waals surface area contributed by atoms with Gasteiger partial charge < -0.3 is 14.2 Å². The minimum Gasteiger partial charge on any atom is -0.420 e. The Bertz CT molecular complexity index is 950. The van der Waals surface area contributed by atoms with Crippen LogP contribution in [-0.4, -0.2) is 46.9 Å². The van der Waals surface area contributed by atoms with E-state index in [1.807, 2.05) is 22.8 Å². The minimum atomic E-state index is -0.456. The van der Waals surface area contributed by atoms with E-state index in [0.717, 1.165) is 12.0 Å². The van der Waals surface area contributed by atoms with Gasteiger partial charge in [-0.05, 0) is 30.2 Å². The van der Waals surface area contributed by atoms with Gasteiger partial charge in [0.05, 0.1) is 4.92 Å². The number of carbonyl (C=O) groups excluding carboxylic acids is 1. The molecule has 0 spiro atoms. The summed E-state index contributed by atoms with van der Waals surface area (Å²) in [5.74, 6) is 0.828. The highest BCUT2D eigenvalue weighted by molar-refractivity contribution is 5.76. The number of benzene rings is 1. The minimum absolute atomic E-state index is 0.0175. The van der Waals surface area contributed by atoms with Crippen molar-refractivity contribution in [2.75, 3.05) is 31.1 Å². The zero-order valence-electron chi connectivity index (χ0n) is 16.1. The van der Waals surface area contributed by atoms with Gasteiger partial charge in [0.15, 0.2) is 0 Å². The molecule has 29 heavy (non-hydrogen) atoms. The quantitative estimate of drug-likeness (QED) is 0.545. The van der Waals surface area contributed by atoms with Crippen molar-refractivity contribution in [1.82, 2.24) is 9.88 Å². The van der Waals surface area contributed by atoms with Crippen LogP contribution in [0.1, 0.15) is 36.9 Å². The van der Waals surface area contributed by atoms with E-state index < -0.39 is 4.92 Å². The van der Waals surface area contributed by atoms with Gasteiger partial charge in [-0.1, -0.05) is 6.92 Å². The highest BCUT2D eigenvalue weighted by atomic mass is 16.6. The molecule has 0 atom stereocenters. The molecule has 1 fully saturated rings. The third-order valence-corrected chi connectivity index (χ3v) is 4.64. The summed E-state index contributed by atoms with van der Waals surface area (Å²) in [4.78, 5) is 30.2. The van der Waals surface area contributed by atoms with Crippen molar-refractivity contribution >= 4 is 29.6 Å². The van der Waals surface area contributed by atoms with E-state index in [2.05, 4.69) is 4.98 Å². The first-order chi connectivity index (χ1) is 14.0. The lowest BCUT2D eigenvalue weighted by molar-refractivity contribution is -0.384. The van der Waals surface area contributed by atoms with E-state index in [1.165, 1.54) is 12.1 Å². The van der Waals surface area contributed by atoms with Crippen molar-refractivity contribution in [2.24, 2.45) is 0 Å². The molecule has 0 radical (unpaired) electrons. The molecule has 9 heteroatoms. The predicted molar refractivity (Wildman–Crippen MR) is 107 cm³/mol. The summed E-state index contributed by atoms with van der Waals surface area (Å²) in [5, 5.41) is 20.1. The van der Waals surface area contributed by atoms with E-state index in [0.29, 0.717) is 38.5 Å². The molecule has 9 nitrogen and oxygen atoms in total. The number of anilines is 1. The highest BCUT2D eigenvalue weighted by Gasteiger charge is 2.25. The van der Waals surface area contributed by atoms with Crippen LogP contribution >= 0.6 is 0 Å². The third kappa shape index (κ3) is 4.79. The van der Waals surface area contributed by atoms with Gasteiger partial charge in [0.25, 0.3) is 5.69 Å². The van der Waals surface area contributed by atoms with Crippen LogP contribution < -0.4 is 4.90 Å². The van der Waals surface area contributed by atoms with Gasteiger partial charge in [-0.15, -0.1) is 0 Å². The molecule has 2 aromatic rings. The van der Waals surface area contributed by atoms with E-state index >= 15 is 0 Å². The first kappa shape index (κ1) is 20.1. The number of rotatable bonds is 6. The standard InChI is InChI=1S/C20H21N5O4/c1-2-3-19(26)23-10-12-24(13-11-23)20-17(14-21)22-18(29-20)9-6-15-4-7-16(8-5-15)25(27)28/h4-9H,2-3,10-13H2,1H3/b9-6+. The zero-order chi connectivity index (χ0) is 20.8. The van der Waals surface area contributed by atoms with Crippen LogP contribution in [-0.2, 0) is 4.79 Å². The highest BCUT2D eigenvalue weighted by Crippen LogP contribution is 2.24. The fraction of sp³-hybridized carbons (Fsp3) is 0.350. The molecule has 1 saturated heterocycles. The monoisotopic (exact) mass is 395 g/mol. The lowest BCUT2D eigenvalue weighted by atomic mass is 10.2. The van der Waals surface area contributed by atoms with Crippen molar-refractivity contribution in [1.29, 1.82) is 5.26 Å². The van der Waals surface area contributed by atoms with Crippen molar-refractivity contribution in [3.8, 4) is 6.07 Å². The first-order valence-corrected chi connectivity index (χ1v) is 9.38. The maximum absolute atomic E-state index is 12.0. The Morgan fingerprint density at radius 1 is 1.28 bits per heavy atom. The molecule has 0 aliphatic carbocycles. The molecule has 2 heterocycles. The summed E-state index contributed by atoms with van der Waals surface area (Å²) >= 11 is 0. The SMILES string of the molecule is CCCC(=O)N1CCN(c2oc(/C=C/c3ccc([N+](=O)[O-])cc3)nc2C#N)CC1. The second kappa shape index (κ2) is 9.01. The molecule has 1 aromatic carbocycles. The summed E-state index contributed by atoms with van der Waals surface area (Å²) in [5.41, 5.74) is 0.961. The van der Waals surface area contributed by atoms with Gasteiger partial charge in [-0.25, -0.2) is 0 Å². The molecule has 0 unspecified atom stereocenters. The summed E-state index contributed by atoms with van der Waals surface area (Å²) in [6.45, 7) is 4.29. The molecule has 3 rings (SSSR count). The first-order valence-electron chi connectivity index (χ1n) is 9.38. The lowest BCUT2D eigenvalue weighted by Gasteiger charge is -2.34. The second-order valence-corrected chi connectivity index (χ2v) is 6.62. The number of nitrogens with zero attached hydrogens (tertiary/aromatic N) is 5. The van der Waals surface area contributed by atoms with Crippen molar-refractivity contribution in [3.63, 3.8) is 0 Å². The summed E-state index contributed by atoms with van der Waals surface area (Å²) in [7, 11) is 0. The van der Waals surface area contributed by atoms with E-state index in [9.17, 15) is 20.2 Å². The summed E-state index contributed by atoms with van der Waals surface area (Å²) in [6, 6.07) is 8.13. The van der Waals surface area contributed by atoms with Gasteiger partial charge in [0.2, 0.25) is 23.4 Å². The molecule has 1 aliphatic heterocycles. The lowest BCUT2D eigenvalue weighted by Crippen LogP contribution is -2.48. The maximum Gasteiger partial charge on any atom is 0.269 e. The fourth-order valence-electron chi connectivity index (χ4n) is 3.09. The molecule has 1 aliphatic rings. The van der Waals surface area contributed by atoms with Crippen LogP contribution in [0, 0.1) is 21.4 Å². The second-order valence-electron chi connectivity index (χ2n) is 6.62. The Hall–Kier alpha value is -3.67. The average molecular weight is 395 g/mol. The third-order valence-electron chi connectivity index (χ3n) is 4.64. The number of hydrogen-bond acceptors (Lipinski definition) is 7. The topological polar surface area (TPSA) is 117 Å². The number of oxazole rings is 1. The van der Waals surface area contributed by atoms with Crippen molar-refractivity contribution < 1.29 is 14.1 Å². The van der Waals surface area contributed by atoms with E-state index in [4.69, 9.17) is 4.42 Å². The van der Waals surface area contributed by atoms with Gasteiger partial charge in [0, 0.05) is 50.8 Å². The number of carbonyl (C=O) groups is 1. The molecule has 0 bridgehead atoms. The largest absolute Gasteiger partial charge is 0.420 e. The maximum atomic E-state index is 12.0. The van der Waals surface area contributed by atoms with Gasteiger partial charge >= 0.3 is 0 Å². The summed E-state index contributed by atoms with van der Waals surface area (Å²) in [6.07, 6.45) is 4.70. The molecule has 1 aromatic heterocycles. The van der Waals surface area contributed by atoms with Crippen molar-refractivity contribution in [2.45, 2.75) is 19.8 Å². The molecular formula is C20H21N5O4. The molecular weight excluding hydrogens is 374 g/mol. The number of non-ortho nitro benzene ring substituents is 1. The average Bonchev–Trinajstić information content (AvgIpc) is 3.16. The number of hydrogen-bond donors (Lipinski definition) is 0. The fourth-order valence-corrected chi connectivity index (χ4v) is 3.09. The van der Waals surface area contributed by atoms with Crippen LogP contribution in [0.25, 0.3) is 12.2 Å². The normalized spacial score (nSPS) is 14.2.